The highest BCUT2D eigenvalue weighted by molar-refractivity contribution is 8.45. The van der Waals surface area contributed by atoms with E-state index in [2.05, 4.69) is 31.3 Å². The van der Waals surface area contributed by atoms with E-state index in [-0.39, 0.29) is 7.45 Å². The molecule has 0 heterocycles. The molecule has 42 valence electrons. The van der Waals surface area contributed by atoms with Crippen molar-refractivity contribution in [3.8, 4) is 0 Å². The van der Waals surface area contributed by atoms with Crippen LogP contribution in [0.1, 0.15) is 0 Å². The van der Waals surface area contributed by atoms with Gasteiger partial charge < -0.3 is 0 Å². The third-order valence-electron chi connectivity index (χ3n) is 0.206. The lowest BCUT2D eigenvalue weighted by atomic mass is 13.9. The summed E-state index contributed by atoms with van der Waals surface area (Å²) in [7, 11) is 9.88. The molecule has 0 radical (unpaired) electrons. The Kier molecular flexibility index (Phi) is 8.42. The van der Waals surface area contributed by atoms with Gasteiger partial charge in [0.05, 0.1) is 7.45 Å². The van der Waals surface area contributed by atoms with Crippen molar-refractivity contribution < 1.29 is 0 Å². The second-order valence-electron chi connectivity index (χ2n) is 0.699. The molecule has 0 saturated carbocycles. The average molecular weight is 207 g/mol. The van der Waals surface area contributed by atoms with Crippen molar-refractivity contribution in [1.29, 1.82) is 0 Å². The maximum atomic E-state index is 4.20. The summed E-state index contributed by atoms with van der Waals surface area (Å²) in [5.74, 6) is 0. The fourth-order valence-corrected chi connectivity index (χ4v) is 6.27. The van der Waals surface area contributed by atoms with Gasteiger partial charge in [0.1, 0.15) is 0 Å². The van der Waals surface area contributed by atoms with E-state index in [9.17, 15) is 0 Å². The Hall–Kier alpha value is 2.25. The van der Waals surface area contributed by atoms with Crippen LogP contribution in [0.15, 0.2) is 4.52 Å². The van der Waals surface area contributed by atoms with Crippen molar-refractivity contribution in [2.75, 3.05) is 0 Å². The lowest BCUT2D eigenvalue weighted by molar-refractivity contribution is 2.09. The lowest BCUT2D eigenvalue weighted by Gasteiger charge is -1.88. The highest BCUT2D eigenvalue weighted by atomic mass is 32.4. The monoisotopic (exact) mass is 207 g/mol. The van der Waals surface area contributed by atoms with Gasteiger partial charge in [-0.2, -0.15) is 0 Å². The van der Waals surface area contributed by atoms with Crippen LogP contribution in [0.25, 0.3) is 0 Å². The van der Waals surface area contributed by atoms with Gasteiger partial charge in [0.2, 0.25) is 0 Å². The van der Waals surface area contributed by atoms with Gasteiger partial charge in [-0.25, -0.2) is 4.52 Å². The van der Waals surface area contributed by atoms with E-state index in [1.54, 1.807) is 0 Å². The van der Waals surface area contributed by atoms with E-state index in [0.29, 0.717) is 0 Å². The van der Waals surface area contributed by atoms with Gasteiger partial charge in [-0.1, -0.05) is 17.9 Å². The molecule has 0 fully saturated rings. The van der Waals surface area contributed by atoms with E-state index in [0.717, 1.165) is 7.96 Å². The average Bonchev–Trinajstić information content (AvgIpc) is 1.61. The van der Waals surface area contributed by atoms with Crippen molar-refractivity contribution in [2.45, 2.75) is 0 Å². The zero-order chi connectivity index (χ0) is 5.70. The standard InChI is InChI=1S/H7NP6/c2-6-5-1-7(3)4/h6H,2-4H2. The lowest BCUT2D eigenvalue weighted by Crippen LogP contribution is -1.16. The molecular weight excluding hydrogens is 200 g/mol. The van der Waals surface area contributed by atoms with Crippen LogP contribution in [0, 0.1) is 0 Å². The third kappa shape index (κ3) is 8.25. The van der Waals surface area contributed by atoms with Crippen LogP contribution in [-0.2, 0) is 0 Å². The van der Waals surface area contributed by atoms with Crippen LogP contribution >= 0.6 is 50.3 Å². The normalized spacial score (nSPS) is 13.1. The Morgan fingerprint density at radius 2 is 2.14 bits per heavy atom. The molecule has 0 rings (SSSR count). The first-order valence-electron chi connectivity index (χ1n) is 1.43. The molecule has 4 atom stereocenters. The van der Waals surface area contributed by atoms with Crippen molar-refractivity contribution in [3.05, 3.63) is 0 Å². The van der Waals surface area contributed by atoms with Gasteiger partial charge in [-0.15, -0.1) is 8.93 Å². The van der Waals surface area contributed by atoms with Gasteiger partial charge >= 0.3 is 0 Å². The van der Waals surface area contributed by atoms with E-state index < -0.39 is 0 Å². The minimum atomic E-state index is -0.167. The maximum absolute atomic E-state index is 4.20. The van der Waals surface area contributed by atoms with E-state index >= 15 is 0 Å². The van der Waals surface area contributed by atoms with E-state index in [1.807, 2.05) is 0 Å². The molecule has 0 amide bonds. The van der Waals surface area contributed by atoms with Crippen molar-refractivity contribution in [2.24, 2.45) is 4.52 Å². The quantitative estimate of drug-likeness (QED) is 0.614. The van der Waals surface area contributed by atoms with E-state index in [4.69, 9.17) is 0 Å². The first kappa shape index (κ1) is 9.25. The molecule has 4 unspecified atom stereocenters. The number of rotatable bonds is 2. The fourth-order valence-electron chi connectivity index (χ4n) is 0.0775. The number of hydrogen-bond acceptors (Lipinski definition) is 1. The third-order valence-corrected chi connectivity index (χ3v) is 5.55. The Balaban J connectivity index is 3.08. The minimum absolute atomic E-state index is 0.167. The molecule has 0 N–H and O–H groups in total. The molecule has 0 saturated heterocycles. The van der Waals surface area contributed by atoms with Crippen LogP contribution in [0.5, 0.6) is 0 Å². The highest BCUT2D eigenvalue weighted by Gasteiger charge is 1.79. The molecule has 7 heteroatoms. The first-order valence-corrected chi connectivity index (χ1v) is 10.5. The second-order valence-corrected chi connectivity index (χ2v) is 11.3. The van der Waals surface area contributed by atoms with Gasteiger partial charge in [0, 0.05) is 8.06 Å². The fraction of sp³-hybridized carbons (Fsp3) is 0. The molecule has 0 aromatic heterocycles. The molecule has 0 aliphatic carbocycles. The van der Waals surface area contributed by atoms with Crippen molar-refractivity contribution >= 4 is 50.3 Å². The molecule has 0 aromatic carbocycles. The predicted octanol–water partition coefficient (Wildman–Crippen LogP) is 3.48. The van der Waals surface area contributed by atoms with E-state index in [1.165, 1.54) is 8.06 Å². The Morgan fingerprint density at radius 1 is 1.57 bits per heavy atom. The van der Waals surface area contributed by atoms with Gasteiger partial charge in [0.25, 0.3) is 0 Å². The van der Waals surface area contributed by atoms with Crippen LogP contribution in [0.3, 0.4) is 0 Å². The summed E-state index contributed by atoms with van der Waals surface area (Å²) in [6.07, 6.45) is 0. The second kappa shape index (κ2) is 6.37. The molecule has 1 nitrogen and oxygen atoms in total. The maximum Gasteiger partial charge on any atom is 0.0563 e. The van der Waals surface area contributed by atoms with Crippen LogP contribution < -0.4 is 0 Å². The summed E-state index contributed by atoms with van der Waals surface area (Å²) in [5, 5.41) is 0. The predicted molar refractivity (Wildman–Crippen MR) is 53.7 cm³/mol. The Bertz CT molecular complexity index is 55.2. The zero-order valence-electron chi connectivity index (χ0n) is 3.57. The summed E-state index contributed by atoms with van der Waals surface area (Å²) in [6.45, 7) is 0. The molecule has 0 aromatic rings. The van der Waals surface area contributed by atoms with Gasteiger partial charge in [0.15, 0.2) is 0 Å². The smallest absolute Gasteiger partial charge is 0.0563 e. The van der Waals surface area contributed by atoms with Gasteiger partial charge in [-0.05, 0) is 7.96 Å². The van der Waals surface area contributed by atoms with Crippen molar-refractivity contribution in [1.82, 2.24) is 0 Å². The number of hydrogen-bond donors (Lipinski definition) is 0. The Morgan fingerprint density at radius 3 is 2.29 bits per heavy atom. The van der Waals surface area contributed by atoms with Crippen LogP contribution in [0.2, 0.25) is 0 Å². The summed E-state index contributed by atoms with van der Waals surface area (Å²) in [6, 6.07) is 0. The zero-order valence-corrected chi connectivity index (χ0v) is 9.83. The summed E-state index contributed by atoms with van der Waals surface area (Å²) >= 11 is 0. The summed E-state index contributed by atoms with van der Waals surface area (Å²) in [5.41, 5.74) is 0. The van der Waals surface area contributed by atoms with Crippen LogP contribution in [0.4, 0.5) is 0 Å². The molecule has 0 bridgehead atoms. The minimum Gasteiger partial charge on any atom is -0.233 e. The molecule has 7 heavy (non-hydrogen) atoms. The highest BCUT2D eigenvalue weighted by Crippen LogP contribution is 2.58. The van der Waals surface area contributed by atoms with Crippen molar-refractivity contribution in [3.63, 3.8) is 0 Å². The SMILES string of the molecule is PP/P=N/P(P)P. The van der Waals surface area contributed by atoms with Crippen LogP contribution in [-0.4, -0.2) is 0 Å². The molecular formula is H7NP6. The van der Waals surface area contributed by atoms with Gasteiger partial charge in [-0.3, -0.25) is 0 Å². The topological polar surface area (TPSA) is 12.4 Å². The largest absolute Gasteiger partial charge is 0.233 e. The summed E-state index contributed by atoms with van der Waals surface area (Å²) in [4.78, 5) is 0. The first-order chi connectivity index (χ1) is 3.27. The molecule has 0 spiro atoms. The molecule has 0 aliphatic heterocycles. The summed E-state index contributed by atoms with van der Waals surface area (Å²) < 4.78 is 4.20. The number of nitrogens with zero attached hydrogens (tertiary/aromatic N) is 1. The Labute approximate surface area is 55.2 Å². The molecule has 0 aliphatic rings.